The van der Waals surface area contributed by atoms with Crippen molar-refractivity contribution in [3.63, 3.8) is 0 Å². The van der Waals surface area contributed by atoms with E-state index in [0.29, 0.717) is 23.6 Å². The van der Waals surface area contributed by atoms with E-state index in [1.54, 1.807) is 48.5 Å². The maximum Gasteiger partial charge on any atom is 0.342 e. The van der Waals surface area contributed by atoms with E-state index in [9.17, 15) is 14.4 Å². The summed E-state index contributed by atoms with van der Waals surface area (Å²) in [6.07, 6.45) is 0. The van der Waals surface area contributed by atoms with Gasteiger partial charge in [0.15, 0.2) is 12.4 Å². The average Bonchev–Trinajstić information content (AvgIpc) is 2.76. The quantitative estimate of drug-likeness (QED) is 0.429. The number of ether oxygens (including phenoxy) is 2. The highest BCUT2D eigenvalue weighted by atomic mass is 16.5. The van der Waals surface area contributed by atoms with Gasteiger partial charge in [0, 0.05) is 11.3 Å². The zero-order chi connectivity index (χ0) is 22.2. The van der Waals surface area contributed by atoms with Crippen molar-refractivity contribution in [2.75, 3.05) is 11.9 Å². The number of rotatable bonds is 8. The van der Waals surface area contributed by atoms with Crippen molar-refractivity contribution in [3.8, 4) is 5.75 Å². The second-order valence-corrected chi connectivity index (χ2v) is 7.03. The van der Waals surface area contributed by atoms with Gasteiger partial charge in [-0.25, -0.2) is 4.79 Å². The highest BCUT2D eigenvalue weighted by Gasteiger charge is 2.15. The van der Waals surface area contributed by atoms with E-state index < -0.39 is 18.5 Å². The number of ketones is 1. The van der Waals surface area contributed by atoms with Gasteiger partial charge in [0.25, 0.3) is 5.91 Å². The molecule has 0 aromatic heterocycles. The molecule has 6 nitrogen and oxygen atoms in total. The summed E-state index contributed by atoms with van der Waals surface area (Å²) in [5.41, 5.74) is 3.41. The lowest BCUT2D eigenvalue weighted by atomic mass is 10.1. The lowest BCUT2D eigenvalue weighted by Gasteiger charge is -2.12. The standard InChI is InChI=1S/C25H23NO5/c1-17-6-5-7-19(14-17)15-30-23-9-4-3-8-22(23)25(29)31-16-24(28)26-21-12-10-20(11-13-21)18(2)27/h3-14H,15-16H2,1-2H3,(H,26,28). The Bertz CT molecular complexity index is 1090. The summed E-state index contributed by atoms with van der Waals surface area (Å²) in [4.78, 5) is 35.9. The van der Waals surface area contributed by atoms with E-state index >= 15 is 0 Å². The SMILES string of the molecule is CC(=O)c1ccc(NC(=O)COC(=O)c2ccccc2OCc2cccc(C)c2)cc1. The molecule has 0 heterocycles. The van der Waals surface area contributed by atoms with Gasteiger partial charge >= 0.3 is 5.97 Å². The molecule has 0 aliphatic heterocycles. The third-order valence-electron chi connectivity index (χ3n) is 4.49. The highest BCUT2D eigenvalue weighted by molar-refractivity contribution is 5.97. The molecule has 3 rings (SSSR count). The Hall–Kier alpha value is -3.93. The number of para-hydroxylation sites is 1. The number of benzene rings is 3. The van der Waals surface area contributed by atoms with Crippen molar-refractivity contribution in [2.24, 2.45) is 0 Å². The number of amides is 1. The molecule has 0 spiro atoms. The zero-order valence-electron chi connectivity index (χ0n) is 17.4. The Kier molecular flexibility index (Phi) is 7.17. The van der Waals surface area contributed by atoms with Gasteiger partial charge in [-0.05, 0) is 55.8 Å². The summed E-state index contributed by atoms with van der Waals surface area (Å²) in [5, 5.41) is 2.62. The number of hydrogen-bond donors (Lipinski definition) is 1. The lowest BCUT2D eigenvalue weighted by Crippen LogP contribution is -2.21. The van der Waals surface area contributed by atoms with Crippen LogP contribution in [0.2, 0.25) is 0 Å². The molecule has 6 heteroatoms. The summed E-state index contributed by atoms with van der Waals surface area (Å²) < 4.78 is 11.0. The molecule has 0 saturated heterocycles. The first kappa shape index (κ1) is 21.8. The van der Waals surface area contributed by atoms with Crippen molar-refractivity contribution < 1.29 is 23.9 Å². The van der Waals surface area contributed by atoms with E-state index in [1.165, 1.54) is 6.92 Å². The average molecular weight is 417 g/mol. The van der Waals surface area contributed by atoms with E-state index in [0.717, 1.165) is 11.1 Å². The molecule has 3 aromatic rings. The van der Waals surface area contributed by atoms with Crippen molar-refractivity contribution >= 4 is 23.3 Å². The van der Waals surface area contributed by atoms with E-state index in [-0.39, 0.29) is 11.3 Å². The van der Waals surface area contributed by atoms with Crippen LogP contribution in [0, 0.1) is 6.92 Å². The normalized spacial score (nSPS) is 10.3. The molecule has 31 heavy (non-hydrogen) atoms. The van der Waals surface area contributed by atoms with Crippen LogP contribution in [0.25, 0.3) is 0 Å². The first-order valence-electron chi connectivity index (χ1n) is 9.78. The Morgan fingerprint density at radius 2 is 1.65 bits per heavy atom. The smallest absolute Gasteiger partial charge is 0.342 e. The Balaban J connectivity index is 1.56. The molecule has 0 unspecified atom stereocenters. The molecule has 3 aromatic carbocycles. The highest BCUT2D eigenvalue weighted by Crippen LogP contribution is 2.21. The summed E-state index contributed by atoms with van der Waals surface area (Å²) in [6, 6.07) is 21.1. The number of nitrogens with one attached hydrogen (secondary N) is 1. The van der Waals surface area contributed by atoms with Crippen molar-refractivity contribution in [2.45, 2.75) is 20.5 Å². The molecule has 0 radical (unpaired) electrons. The van der Waals surface area contributed by atoms with Crippen LogP contribution in [0.5, 0.6) is 5.75 Å². The van der Waals surface area contributed by atoms with Crippen molar-refractivity contribution in [3.05, 3.63) is 95.1 Å². The van der Waals surface area contributed by atoms with Gasteiger partial charge in [-0.3, -0.25) is 9.59 Å². The van der Waals surface area contributed by atoms with Crippen LogP contribution >= 0.6 is 0 Å². The molecule has 1 amide bonds. The number of esters is 1. The zero-order valence-corrected chi connectivity index (χ0v) is 17.4. The predicted octanol–water partition coefficient (Wildman–Crippen LogP) is 4.57. The molecule has 0 bridgehead atoms. The fourth-order valence-corrected chi connectivity index (χ4v) is 2.92. The van der Waals surface area contributed by atoms with E-state index in [4.69, 9.17) is 9.47 Å². The van der Waals surface area contributed by atoms with Crippen LogP contribution in [-0.4, -0.2) is 24.3 Å². The van der Waals surface area contributed by atoms with Crippen LogP contribution < -0.4 is 10.1 Å². The van der Waals surface area contributed by atoms with Gasteiger partial charge in [0.2, 0.25) is 0 Å². The van der Waals surface area contributed by atoms with Crippen LogP contribution in [0.4, 0.5) is 5.69 Å². The Labute approximate surface area is 180 Å². The molecule has 0 aliphatic rings. The summed E-state index contributed by atoms with van der Waals surface area (Å²) in [5.74, 6) is -0.812. The molecule has 0 fully saturated rings. The van der Waals surface area contributed by atoms with E-state index in [2.05, 4.69) is 5.32 Å². The van der Waals surface area contributed by atoms with Crippen LogP contribution in [0.3, 0.4) is 0 Å². The van der Waals surface area contributed by atoms with Gasteiger partial charge in [0.1, 0.15) is 17.9 Å². The van der Waals surface area contributed by atoms with Crippen molar-refractivity contribution in [1.82, 2.24) is 0 Å². The van der Waals surface area contributed by atoms with Crippen LogP contribution in [0.1, 0.15) is 38.8 Å². The molecule has 0 atom stereocenters. The second-order valence-electron chi connectivity index (χ2n) is 7.03. The monoisotopic (exact) mass is 417 g/mol. The minimum Gasteiger partial charge on any atom is -0.488 e. The van der Waals surface area contributed by atoms with Gasteiger partial charge in [0.05, 0.1) is 0 Å². The van der Waals surface area contributed by atoms with Gasteiger partial charge in [-0.1, -0.05) is 42.0 Å². The summed E-state index contributed by atoms with van der Waals surface area (Å²) in [6.45, 7) is 3.33. The molecule has 0 aliphatic carbocycles. The lowest BCUT2D eigenvalue weighted by molar-refractivity contribution is -0.119. The molecular weight excluding hydrogens is 394 g/mol. The number of hydrogen-bond acceptors (Lipinski definition) is 5. The first-order valence-corrected chi connectivity index (χ1v) is 9.78. The number of anilines is 1. The Morgan fingerprint density at radius 1 is 0.903 bits per heavy atom. The minimum atomic E-state index is -0.651. The number of aryl methyl sites for hydroxylation is 1. The first-order chi connectivity index (χ1) is 14.9. The van der Waals surface area contributed by atoms with Crippen LogP contribution in [-0.2, 0) is 16.1 Å². The fraction of sp³-hybridized carbons (Fsp3) is 0.160. The van der Waals surface area contributed by atoms with Gasteiger partial charge < -0.3 is 14.8 Å². The Morgan fingerprint density at radius 3 is 2.35 bits per heavy atom. The third-order valence-corrected chi connectivity index (χ3v) is 4.49. The molecule has 1 N–H and O–H groups in total. The molecule has 158 valence electrons. The number of carbonyl (C=O) groups is 3. The van der Waals surface area contributed by atoms with Gasteiger partial charge in [-0.15, -0.1) is 0 Å². The van der Waals surface area contributed by atoms with E-state index in [1.807, 2.05) is 31.2 Å². The summed E-state index contributed by atoms with van der Waals surface area (Å²) in [7, 11) is 0. The second kappa shape index (κ2) is 10.2. The van der Waals surface area contributed by atoms with Crippen LogP contribution in [0.15, 0.2) is 72.8 Å². The molecule has 0 saturated carbocycles. The summed E-state index contributed by atoms with van der Waals surface area (Å²) >= 11 is 0. The minimum absolute atomic E-state index is 0.0601. The fourth-order valence-electron chi connectivity index (χ4n) is 2.92. The maximum atomic E-state index is 12.5. The largest absolute Gasteiger partial charge is 0.488 e. The predicted molar refractivity (Wildman–Crippen MR) is 117 cm³/mol. The van der Waals surface area contributed by atoms with Gasteiger partial charge in [-0.2, -0.15) is 0 Å². The molecular formula is C25H23NO5. The number of carbonyl (C=O) groups excluding carboxylic acids is 3. The number of Topliss-reactive ketones (excluding diaryl/α,β-unsaturated/α-hetero) is 1. The van der Waals surface area contributed by atoms with Crippen molar-refractivity contribution in [1.29, 1.82) is 0 Å². The maximum absolute atomic E-state index is 12.5. The topological polar surface area (TPSA) is 81.7 Å². The third kappa shape index (κ3) is 6.27.